The lowest BCUT2D eigenvalue weighted by Crippen LogP contribution is -2.58. The Morgan fingerprint density at radius 1 is 1.28 bits per heavy atom. The van der Waals surface area contributed by atoms with E-state index in [0.717, 1.165) is 0 Å². The van der Waals surface area contributed by atoms with Crippen LogP contribution in [-0.4, -0.2) is 54.5 Å². The number of esters is 1. The molecule has 0 radical (unpaired) electrons. The van der Waals surface area contributed by atoms with Crippen LogP contribution in [0.1, 0.15) is 41.5 Å². The molecule has 5 atom stereocenters. The Hall–Kier alpha value is -1.63. The third kappa shape index (κ3) is 3.38. The van der Waals surface area contributed by atoms with Gasteiger partial charge in [0.1, 0.15) is 12.1 Å². The minimum Gasteiger partial charge on any atom is -0.467 e. The molecule has 7 heteroatoms. The van der Waals surface area contributed by atoms with Crippen molar-refractivity contribution in [3.63, 3.8) is 0 Å². The summed E-state index contributed by atoms with van der Waals surface area (Å²) in [6, 6.07) is -2.03. The number of nitrogens with one attached hydrogen (secondary N) is 1. The van der Waals surface area contributed by atoms with Crippen LogP contribution >= 0.6 is 0 Å². The zero-order valence-corrected chi connectivity index (χ0v) is 16.3. The van der Waals surface area contributed by atoms with Crippen LogP contribution in [0.2, 0.25) is 0 Å². The smallest absolute Gasteiger partial charge is 0.328 e. The van der Waals surface area contributed by atoms with Crippen LogP contribution in [0.15, 0.2) is 0 Å². The number of carbonyl (C=O) groups excluding carboxylic acids is 3. The largest absolute Gasteiger partial charge is 0.467 e. The Bertz CT molecular complexity index is 581. The van der Waals surface area contributed by atoms with Crippen molar-refractivity contribution in [2.75, 3.05) is 13.7 Å². The molecule has 0 bridgehead atoms. The highest BCUT2D eigenvalue weighted by atomic mass is 16.5. The van der Waals surface area contributed by atoms with Gasteiger partial charge in [0.15, 0.2) is 0 Å². The molecule has 3 N–H and O–H groups in total. The van der Waals surface area contributed by atoms with E-state index in [1.54, 1.807) is 11.8 Å². The molecule has 7 nitrogen and oxygen atoms in total. The first kappa shape index (κ1) is 19.7. The molecule has 1 heterocycles. The number of hydrogen-bond acceptors (Lipinski definition) is 5. The summed E-state index contributed by atoms with van der Waals surface area (Å²) in [5, 5.41) is 2.68. The molecular weight excluding hydrogens is 322 g/mol. The van der Waals surface area contributed by atoms with Crippen LogP contribution in [-0.2, 0) is 19.1 Å². The van der Waals surface area contributed by atoms with Gasteiger partial charge in [0.2, 0.25) is 11.8 Å². The number of carbonyl (C=O) groups is 3. The molecular formula is C18H31N3O4. The summed E-state index contributed by atoms with van der Waals surface area (Å²) in [4.78, 5) is 38.9. The highest BCUT2D eigenvalue weighted by Crippen LogP contribution is 2.65. The second-order valence-electron chi connectivity index (χ2n) is 8.99. The number of fused-ring (bicyclic) bond motifs is 1. The fraction of sp³-hybridized carbons (Fsp3) is 0.833. The summed E-state index contributed by atoms with van der Waals surface area (Å²) in [6.07, 6.45) is 0. The fourth-order valence-corrected chi connectivity index (χ4v) is 3.90. The van der Waals surface area contributed by atoms with E-state index in [0.29, 0.717) is 6.54 Å². The van der Waals surface area contributed by atoms with Crippen LogP contribution < -0.4 is 11.1 Å². The van der Waals surface area contributed by atoms with E-state index in [4.69, 9.17) is 5.73 Å². The van der Waals surface area contributed by atoms with Crippen molar-refractivity contribution >= 4 is 17.8 Å². The Morgan fingerprint density at radius 2 is 1.84 bits per heavy atom. The lowest BCUT2D eigenvalue weighted by molar-refractivity contribution is -0.147. The van der Waals surface area contributed by atoms with Gasteiger partial charge in [0, 0.05) is 6.54 Å². The molecule has 25 heavy (non-hydrogen) atoms. The van der Waals surface area contributed by atoms with Crippen molar-refractivity contribution in [3.8, 4) is 0 Å². The molecule has 0 aromatic carbocycles. The van der Waals surface area contributed by atoms with Crippen molar-refractivity contribution < 1.29 is 19.1 Å². The number of ether oxygens (including phenoxy) is 1. The zero-order valence-electron chi connectivity index (χ0n) is 16.3. The third-order valence-corrected chi connectivity index (χ3v) is 5.87. The summed E-state index contributed by atoms with van der Waals surface area (Å²) in [5.74, 6) is -0.657. The molecule has 1 saturated carbocycles. The number of methoxy groups -OCH3 is 1. The Kier molecular flexibility index (Phi) is 4.94. The first-order valence-corrected chi connectivity index (χ1v) is 8.78. The second-order valence-corrected chi connectivity index (χ2v) is 8.99. The lowest BCUT2D eigenvalue weighted by atomic mass is 9.86. The van der Waals surface area contributed by atoms with Crippen LogP contribution in [0.25, 0.3) is 0 Å². The van der Waals surface area contributed by atoms with Crippen LogP contribution in [0.5, 0.6) is 0 Å². The van der Waals surface area contributed by atoms with E-state index in [9.17, 15) is 14.4 Å². The quantitative estimate of drug-likeness (QED) is 0.718. The van der Waals surface area contributed by atoms with E-state index >= 15 is 0 Å². The van der Waals surface area contributed by atoms with Gasteiger partial charge in [0.25, 0.3) is 0 Å². The fourth-order valence-electron chi connectivity index (χ4n) is 3.90. The zero-order chi connectivity index (χ0) is 19.3. The minimum atomic E-state index is -0.758. The molecule has 142 valence electrons. The Morgan fingerprint density at radius 3 is 2.32 bits per heavy atom. The molecule has 1 aliphatic carbocycles. The maximum atomic E-state index is 12.9. The minimum absolute atomic E-state index is 0.0130. The second kappa shape index (κ2) is 6.27. The topological polar surface area (TPSA) is 102 Å². The number of nitrogens with zero attached hydrogens (tertiary/aromatic N) is 1. The van der Waals surface area contributed by atoms with Gasteiger partial charge in [-0.1, -0.05) is 34.6 Å². The van der Waals surface area contributed by atoms with Crippen molar-refractivity contribution in [2.24, 2.45) is 28.4 Å². The van der Waals surface area contributed by atoms with Crippen molar-refractivity contribution in [1.82, 2.24) is 10.2 Å². The highest BCUT2D eigenvalue weighted by Gasteiger charge is 2.69. The summed E-state index contributed by atoms with van der Waals surface area (Å²) < 4.78 is 4.66. The molecule has 0 unspecified atom stereocenters. The van der Waals surface area contributed by atoms with Crippen molar-refractivity contribution in [3.05, 3.63) is 0 Å². The van der Waals surface area contributed by atoms with Gasteiger partial charge in [-0.3, -0.25) is 9.59 Å². The predicted molar refractivity (Wildman–Crippen MR) is 93.3 cm³/mol. The number of rotatable bonds is 4. The van der Waals surface area contributed by atoms with E-state index in [2.05, 4.69) is 23.9 Å². The van der Waals surface area contributed by atoms with Crippen LogP contribution in [0, 0.1) is 22.7 Å². The molecule has 0 aromatic heterocycles. The molecule has 1 saturated heterocycles. The molecule has 2 amide bonds. The number of likely N-dealkylation sites (tertiary alicyclic amines) is 1. The molecule has 2 aliphatic rings. The van der Waals surface area contributed by atoms with Gasteiger partial charge in [0.05, 0.1) is 13.2 Å². The van der Waals surface area contributed by atoms with E-state index in [-0.39, 0.29) is 34.5 Å². The average Bonchev–Trinajstić information content (AvgIpc) is 2.88. The lowest BCUT2D eigenvalue weighted by Gasteiger charge is -2.35. The number of hydrogen-bond donors (Lipinski definition) is 2. The highest BCUT2D eigenvalue weighted by molar-refractivity contribution is 5.93. The first-order valence-electron chi connectivity index (χ1n) is 8.78. The standard InChI is InChI=1S/C18H31N3O4/c1-9(16(24)25-7)20-14(22)12-11-10(18(11,5)6)8-21(12)15(23)13(19)17(2,3)4/h9-13H,8,19H2,1-7H3,(H,20,22)/t9-,10-,11-,12-,13+/m0/s1. The van der Waals surface area contributed by atoms with Gasteiger partial charge in [-0.2, -0.15) is 0 Å². The number of piperidine rings is 1. The molecule has 0 spiro atoms. The Labute approximate surface area is 149 Å². The Balaban J connectivity index is 2.20. The van der Waals surface area contributed by atoms with E-state index < -0.39 is 24.1 Å². The molecule has 1 aliphatic heterocycles. The summed E-state index contributed by atoms with van der Waals surface area (Å²) in [6.45, 7) is 12.0. The number of nitrogens with two attached hydrogens (primary N) is 1. The van der Waals surface area contributed by atoms with Gasteiger partial charge in [-0.25, -0.2) is 4.79 Å². The SMILES string of the molecule is COC(=O)[C@H](C)NC(=O)[C@@H]1[C@@H]2[C@H](CN1C(=O)[C@@H](N)C(C)(C)C)C2(C)C. The van der Waals surface area contributed by atoms with E-state index in [1.165, 1.54) is 7.11 Å². The normalized spacial score (nSPS) is 29.4. The summed E-state index contributed by atoms with van der Waals surface area (Å²) >= 11 is 0. The van der Waals surface area contributed by atoms with Gasteiger partial charge in [-0.05, 0) is 29.6 Å². The predicted octanol–water partition coefficient (Wildman–Crippen LogP) is 0.521. The van der Waals surface area contributed by atoms with E-state index in [1.807, 2.05) is 20.8 Å². The van der Waals surface area contributed by atoms with Gasteiger partial charge >= 0.3 is 5.97 Å². The maximum Gasteiger partial charge on any atom is 0.328 e. The van der Waals surface area contributed by atoms with Gasteiger partial charge < -0.3 is 20.7 Å². The summed E-state index contributed by atoms with van der Waals surface area (Å²) in [5.41, 5.74) is 5.76. The van der Waals surface area contributed by atoms with Crippen molar-refractivity contribution in [1.29, 1.82) is 0 Å². The molecule has 2 rings (SSSR count). The average molecular weight is 353 g/mol. The van der Waals surface area contributed by atoms with Gasteiger partial charge in [-0.15, -0.1) is 0 Å². The molecule has 2 fully saturated rings. The first-order chi connectivity index (χ1) is 11.3. The van der Waals surface area contributed by atoms with Crippen molar-refractivity contribution in [2.45, 2.75) is 59.7 Å². The molecule has 0 aromatic rings. The number of amides is 2. The maximum absolute atomic E-state index is 12.9. The third-order valence-electron chi connectivity index (χ3n) is 5.87. The van der Waals surface area contributed by atoms with Crippen LogP contribution in [0.3, 0.4) is 0 Å². The van der Waals surface area contributed by atoms with Crippen LogP contribution in [0.4, 0.5) is 0 Å². The monoisotopic (exact) mass is 353 g/mol. The summed E-state index contributed by atoms with van der Waals surface area (Å²) in [7, 11) is 1.28.